The summed E-state index contributed by atoms with van der Waals surface area (Å²) in [4.78, 5) is 51.3. The van der Waals surface area contributed by atoms with E-state index in [1.807, 2.05) is 0 Å². The second-order valence-corrected chi connectivity index (χ2v) is 7.93. The van der Waals surface area contributed by atoms with Gasteiger partial charge in [0.2, 0.25) is 5.91 Å². The largest absolute Gasteiger partial charge is 0.420 e. The van der Waals surface area contributed by atoms with Crippen LogP contribution in [0.3, 0.4) is 0 Å². The second kappa shape index (κ2) is 7.98. The normalized spacial score (nSPS) is 16.0. The molecule has 32 heavy (non-hydrogen) atoms. The summed E-state index contributed by atoms with van der Waals surface area (Å²) in [7, 11) is 0. The average Bonchev–Trinajstić information content (AvgIpc) is 3.37. The van der Waals surface area contributed by atoms with Gasteiger partial charge < -0.3 is 20.0 Å². The molecule has 166 valence electrons. The lowest BCUT2D eigenvalue weighted by atomic mass is 10.1. The molecular weight excluding hydrogens is 416 g/mol. The first-order valence-corrected chi connectivity index (χ1v) is 10.6. The molecule has 5 rings (SSSR count). The Labute approximate surface area is 182 Å². The number of hydrogen-bond donors (Lipinski definition) is 2. The third-order valence-electron chi connectivity index (χ3n) is 5.78. The van der Waals surface area contributed by atoms with Crippen molar-refractivity contribution in [3.05, 3.63) is 46.2 Å². The van der Waals surface area contributed by atoms with Crippen LogP contribution in [0.15, 0.2) is 33.5 Å². The highest BCUT2D eigenvalue weighted by Gasteiger charge is 2.23. The van der Waals surface area contributed by atoms with Gasteiger partial charge in [0.1, 0.15) is 12.2 Å². The van der Waals surface area contributed by atoms with Crippen molar-refractivity contribution in [1.82, 2.24) is 24.6 Å². The third kappa shape index (κ3) is 3.66. The van der Waals surface area contributed by atoms with Crippen LogP contribution in [-0.2, 0) is 17.9 Å². The summed E-state index contributed by atoms with van der Waals surface area (Å²) in [5, 5.41) is 9.62. The van der Waals surface area contributed by atoms with Crippen molar-refractivity contribution in [2.45, 2.75) is 32.4 Å². The van der Waals surface area contributed by atoms with Crippen molar-refractivity contribution in [1.29, 1.82) is 0 Å². The van der Waals surface area contributed by atoms with Gasteiger partial charge in [-0.2, -0.15) is 5.10 Å². The van der Waals surface area contributed by atoms with Crippen molar-refractivity contribution in [3.63, 3.8) is 0 Å². The molecule has 2 aliphatic rings. The van der Waals surface area contributed by atoms with E-state index in [0.717, 1.165) is 19.3 Å². The van der Waals surface area contributed by atoms with E-state index in [-0.39, 0.29) is 24.1 Å². The van der Waals surface area contributed by atoms with Gasteiger partial charge in [-0.3, -0.25) is 23.6 Å². The summed E-state index contributed by atoms with van der Waals surface area (Å²) >= 11 is 0. The molecule has 1 saturated heterocycles. The van der Waals surface area contributed by atoms with Crippen molar-refractivity contribution in [3.8, 4) is 0 Å². The van der Waals surface area contributed by atoms with Gasteiger partial charge in [0, 0.05) is 31.4 Å². The standard InChI is InChI=1S/C21H22N6O5/c28-18(25-7-2-1-3-8-25)12-26-15-10-13(4-5-17(15)32-21(26)31)23-19(29)14-11-16-20(30)22-6-9-27(16)24-14/h4-5,10-11H,1-3,6-9,12H2,(H,22,30)(H,23,29). The van der Waals surface area contributed by atoms with Crippen LogP contribution in [0.5, 0.6) is 0 Å². The maximum Gasteiger partial charge on any atom is 0.420 e. The molecule has 0 bridgehead atoms. The number of benzene rings is 1. The predicted octanol–water partition coefficient (Wildman–Crippen LogP) is 0.799. The van der Waals surface area contributed by atoms with E-state index < -0.39 is 11.7 Å². The zero-order valence-corrected chi connectivity index (χ0v) is 17.3. The quantitative estimate of drug-likeness (QED) is 0.619. The van der Waals surface area contributed by atoms with Crippen LogP contribution in [0.25, 0.3) is 11.1 Å². The fourth-order valence-electron chi connectivity index (χ4n) is 4.11. The molecule has 0 unspecified atom stereocenters. The number of rotatable bonds is 4. The first kappa shape index (κ1) is 20.0. The molecule has 3 amide bonds. The topological polar surface area (TPSA) is 131 Å². The van der Waals surface area contributed by atoms with Crippen molar-refractivity contribution >= 4 is 34.5 Å². The fraction of sp³-hybridized carbons (Fsp3) is 0.381. The number of piperidine rings is 1. The number of amides is 3. The van der Waals surface area contributed by atoms with Crippen molar-refractivity contribution in [2.24, 2.45) is 0 Å². The number of hydrogen-bond acceptors (Lipinski definition) is 6. The zero-order chi connectivity index (χ0) is 22.2. The molecule has 0 saturated carbocycles. The van der Waals surface area contributed by atoms with E-state index in [1.165, 1.54) is 15.3 Å². The van der Waals surface area contributed by atoms with Crippen LogP contribution in [0.4, 0.5) is 5.69 Å². The summed E-state index contributed by atoms with van der Waals surface area (Å²) in [6.07, 6.45) is 3.02. The minimum atomic E-state index is -0.623. The van der Waals surface area contributed by atoms with E-state index in [0.29, 0.717) is 48.7 Å². The van der Waals surface area contributed by atoms with Gasteiger partial charge in [0.15, 0.2) is 11.3 Å². The number of fused-ring (bicyclic) bond motifs is 2. The lowest BCUT2D eigenvalue weighted by Crippen LogP contribution is -2.39. The maximum atomic E-state index is 12.7. The highest BCUT2D eigenvalue weighted by atomic mass is 16.4. The average molecular weight is 438 g/mol. The molecule has 2 aliphatic heterocycles. The zero-order valence-electron chi connectivity index (χ0n) is 17.3. The molecule has 11 nitrogen and oxygen atoms in total. The van der Waals surface area contributed by atoms with Crippen LogP contribution in [-0.4, -0.2) is 56.6 Å². The molecule has 0 aliphatic carbocycles. The molecule has 4 heterocycles. The summed E-state index contributed by atoms with van der Waals surface area (Å²) in [5.74, 6) is -1.52. The Hall–Kier alpha value is -3.89. The first-order valence-electron chi connectivity index (χ1n) is 10.6. The molecule has 2 N–H and O–H groups in total. The Morgan fingerprint density at radius 2 is 1.91 bits per heavy atom. The van der Waals surface area contributed by atoms with Gasteiger partial charge in [-0.1, -0.05) is 0 Å². The van der Waals surface area contributed by atoms with Gasteiger partial charge in [0.25, 0.3) is 11.8 Å². The van der Waals surface area contributed by atoms with Crippen LogP contribution in [0.1, 0.15) is 40.2 Å². The van der Waals surface area contributed by atoms with Gasteiger partial charge in [-0.15, -0.1) is 0 Å². The molecule has 1 fully saturated rings. The maximum absolute atomic E-state index is 12.7. The van der Waals surface area contributed by atoms with Crippen LogP contribution < -0.4 is 16.4 Å². The summed E-state index contributed by atoms with van der Waals surface area (Å²) in [5.41, 5.74) is 1.60. The molecule has 2 aromatic heterocycles. The Morgan fingerprint density at radius 1 is 1.09 bits per heavy atom. The van der Waals surface area contributed by atoms with Crippen molar-refractivity contribution in [2.75, 3.05) is 25.0 Å². The number of anilines is 1. The first-order chi connectivity index (χ1) is 15.5. The lowest BCUT2D eigenvalue weighted by Gasteiger charge is -2.26. The minimum absolute atomic E-state index is 0.113. The molecule has 11 heteroatoms. The van der Waals surface area contributed by atoms with E-state index in [1.54, 1.807) is 23.1 Å². The number of oxazole rings is 1. The number of aromatic nitrogens is 3. The fourth-order valence-corrected chi connectivity index (χ4v) is 4.11. The third-order valence-corrected chi connectivity index (χ3v) is 5.78. The molecule has 1 aromatic carbocycles. The Bertz CT molecular complexity index is 1280. The minimum Gasteiger partial charge on any atom is -0.408 e. The number of nitrogens with zero attached hydrogens (tertiary/aromatic N) is 4. The SMILES string of the molecule is O=C(Nc1ccc2oc(=O)n(CC(=O)N3CCCCC3)c2c1)c1cc2n(n1)CCNC2=O. The number of carbonyl (C=O) groups is 3. The van der Waals surface area contributed by atoms with E-state index in [9.17, 15) is 19.2 Å². The molecular formula is C21H22N6O5. The number of nitrogens with one attached hydrogen (secondary N) is 2. The van der Waals surface area contributed by atoms with Crippen LogP contribution in [0, 0.1) is 0 Å². The highest BCUT2D eigenvalue weighted by Crippen LogP contribution is 2.20. The molecule has 3 aromatic rings. The Morgan fingerprint density at radius 3 is 2.69 bits per heavy atom. The van der Waals surface area contributed by atoms with Crippen LogP contribution in [0.2, 0.25) is 0 Å². The van der Waals surface area contributed by atoms with Gasteiger partial charge in [-0.25, -0.2) is 4.79 Å². The van der Waals surface area contributed by atoms with Gasteiger partial charge in [0.05, 0.1) is 12.1 Å². The van der Waals surface area contributed by atoms with E-state index in [2.05, 4.69) is 15.7 Å². The highest BCUT2D eigenvalue weighted by molar-refractivity contribution is 6.05. The lowest BCUT2D eigenvalue weighted by molar-refractivity contribution is -0.132. The van der Waals surface area contributed by atoms with Gasteiger partial charge >= 0.3 is 5.76 Å². The molecule has 0 spiro atoms. The Kier molecular flexibility index (Phi) is 5.00. The van der Waals surface area contributed by atoms with E-state index in [4.69, 9.17) is 4.42 Å². The summed E-state index contributed by atoms with van der Waals surface area (Å²) < 4.78 is 8.04. The summed E-state index contributed by atoms with van der Waals surface area (Å²) in [6, 6.07) is 6.19. The second-order valence-electron chi connectivity index (χ2n) is 7.93. The molecule has 0 atom stereocenters. The van der Waals surface area contributed by atoms with Crippen molar-refractivity contribution < 1.29 is 18.8 Å². The molecule has 0 radical (unpaired) electrons. The summed E-state index contributed by atoms with van der Waals surface area (Å²) in [6.45, 7) is 2.22. The van der Waals surface area contributed by atoms with Gasteiger partial charge in [-0.05, 0) is 37.5 Å². The van der Waals surface area contributed by atoms with E-state index >= 15 is 0 Å². The Balaban J connectivity index is 1.38. The van der Waals surface area contributed by atoms with Crippen LogP contribution >= 0.6 is 0 Å². The predicted molar refractivity (Wildman–Crippen MR) is 113 cm³/mol. The monoisotopic (exact) mass is 438 g/mol. The number of likely N-dealkylation sites (tertiary alicyclic amines) is 1. The number of carbonyl (C=O) groups excluding carboxylic acids is 3. The smallest absolute Gasteiger partial charge is 0.408 e.